The van der Waals surface area contributed by atoms with E-state index in [1.165, 1.54) is 17.7 Å². The Balaban J connectivity index is 0.000000208. The van der Waals surface area contributed by atoms with Crippen LogP contribution in [-0.2, 0) is 24.9 Å². The first-order valence-electron chi connectivity index (χ1n) is 9.02. The molecule has 0 bridgehead atoms. The van der Waals surface area contributed by atoms with Crippen LogP contribution in [0.25, 0.3) is 22.0 Å². The first-order valence-corrected chi connectivity index (χ1v) is 9.02. The van der Waals surface area contributed by atoms with Crippen molar-refractivity contribution in [3.05, 3.63) is 78.2 Å². The third kappa shape index (κ3) is 5.14. The van der Waals surface area contributed by atoms with Crippen molar-refractivity contribution in [3.8, 4) is 11.3 Å². The maximum Gasteiger partial charge on any atom is 0.164 e. The number of aromatic nitrogens is 1. The third-order valence-corrected chi connectivity index (χ3v) is 4.48. The standard InChI is InChI=1S/C15H10N.C8H12O3.Ir/c1-2-7-13(8-3-1)15-14-9-5-4-6-12(14)10-11-16-15;1-5(9)8-6(10)3-2-4-7(8)11;/h1-7,9-11H;5,9-10H,2-4H2,1H3;/q-1;;. The van der Waals surface area contributed by atoms with Crippen LogP contribution in [0.3, 0.4) is 0 Å². The van der Waals surface area contributed by atoms with Gasteiger partial charge in [-0.05, 0) is 35.9 Å². The zero-order valence-corrected chi connectivity index (χ0v) is 18.0. The normalized spacial score (nSPS) is 14.7. The molecule has 1 aliphatic carbocycles. The topological polar surface area (TPSA) is 70.4 Å². The summed E-state index contributed by atoms with van der Waals surface area (Å²) in [4.78, 5) is 15.5. The summed E-state index contributed by atoms with van der Waals surface area (Å²) in [5.41, 5.74) is 2.24. The minimum Gasteiger partial charge on any atom is -0.512 e. The number of aliphatic hydroxyl groups excluding tert-OH is 2. The van der Waals surface area contributed by atoms with Crippen molar-refractivity contribution in [1.82, 2.24) is 4.98 Å². The first-order chi connectivity index (χ1) is 13.1. The molecule has 1 atom stereocenters. The number of aliphatic hydroxyl groups is 2. The molecular formula is C23H22IrNO3-. The predicted molar refractivity (Wildman–Crippen MR) is 106 cm³/mol. The molecule has 1 aromatic heterocycles. The van der Waals surface area contributed by atoms with Crippen molar-refractivity contribution in [2.24, 2.45) is 0 Å². The molecule has 0 saturated heterocycles. The second-order valence-electron chi connectivity index (χ2n) is 6.47. The van der Waals surface area contributed by atoms with E-state index in [4.69, 9.17) is 5.11 Å². The molecule has 0 amide bonds. The van der Waals surface area contributed by atoms with E-state index < -0.39 is 6.10 Å². The summed E-state index contributed by atoms with van der Waals surface area (Å²) >= 11 is 0. The zero-order chi connectivity index (χ0) is 19.2. The Morgan fingerprint density at radius 3 is 2.46 bits per heavy atom. The minimum atomic E-state index is -0.831. The summed E-state index contributed by atoms with van der Waals surface area (Å²) < 4.78 is 0. The Bertz CT molecular complexity index is 963. The van der Waals surface area contributed by atoms with Crippen LogP contribution >= 0.6 is 0 Å². The minimum absolute atomic E-state index is 0. The molecule has 4 nitrogen and oxygen atoms in total. The van der Waals surface area contributed by atoms with Gasteiger partial charge in [0, 0.05) is 39.1 Å². The second kappa shape index (κ2) is 10.3. The molecule has 0 aliphatic heterocycles. The van der Waals surface area contributed by atoms with Gasteiger partial charge in [-0.3, -0.25) is 4.79 Å². The van der Waals surface area contributed by atoms with Crippen LogP contribution in [0.5, 0.6) is 0 Å². The Kier molecular flexibility index (Phi) is 8.06. The fraction of sp³-hybridized carbons (Fsp3) is 0.217. The van der Waals surface area contributed by atoms with Gasteiger partial charge in [-0.25, -0.2) is 0 Å². The average molecular weight is 553 g/mol. The van der Waals surface area contributed by atoms with Gasteiger partial charge in [0.15, 0.2) is 5.78 Å². The number of hydrogen-bond acceptors (Lipinski definition) is 4. The maximum absolute atomic E-state index is 11.1. The largest absolute Gasteiger partial charge is 0.512 e. The number of carbonyl (C=O) groups is 1. The van der Waals surface area contributed by atoms with Gasteiger partial charge in [0.05, 0.1) is 11.7 Å². The Morgan fingerprint density at radius 1 is 1.07 bits per heavy atom. The summed E-state index contributed by atoms with van der Waals surface area (Å²) in [5.74, 6) is -0.0556. The summed E-state index contributed by atoms with van der Waals surface area (Å²) in [6, 6.07) is 21.4. The molecular weight excluding hydrogens is 530 g/mol. The number of rotatable bonds is 2. The van der Waals surface area contributed by atoms with Crippen molar-refractivity contribution in [2.45, 2.75) is 32.3 Å². The van der Waals surface area contributed by atoms with Crippen LogP contribution in [0.1, 0.15) is 26.2 Å². The number of ketones is 1. The molecule has 0 fully saturated rings. The summed E-state index contributed by atoms with van der Waals surface area (Å²) in [6.07, 6.45) is 2.68. The van der Waals surface area contributed by atoms with Crippen LogP contribution in [-0.4, -0.2) is 27.1 Å². The first kappa shape index (κ1) is 22.0. The van der Waals surface area contributed by atoms with E-state index in [1.807, 2.05) is 48.7 Å². The van der Waals surface area contributed by atoms with Gasteiger partial charge in [-0.1, -0.05) is 24.3 Å². The van der Waals surface area contributed by atoms with E-state index in [9.17, 15) is 9.90 Å². The Morgan fingerprint density at radius 2 is 1.82 bits per heavy atom. The molecule has 0 spiro atoms. The molecule has 1 aliphatic rings. The molecule has 2 N–H and O–H groups in total. The van der Waals surface area contributed by atoms with Gasteiger partial charge < -0.3 is 15.2 Å². The van der Waals surface area contributed by atoms with Crippen molar-refractivity contribution in [1.29, 1.82) is 0 Å². The van der Waals surface area contributed by atoms with Gasteiger partial charge in [0.25, 0.3) is 0 Å². The van der Waals surface area contributed by atoms with Crippen molar-refractivity contribution < 1.29 is 35.1 Å². The van der Waals surface area contributed by atoms with Gasteiger partial charge in [0.1, 0.15) is 5.76 Å². The van der Waals surface area contributed by atoms with Crippen molar-refractivity contribution >= 4 is 16.6 Å². The SMILES string of the molecule is CC(O)C1=C(O)CCCC1=O.[Ir].[c-]1ccccc1-c1nccc2ccccc12. The van der Waals surface area contributed by atoms with Crippen LogP contribution in [0.2, 0.25) is 0 Å². The molecule has 1 radical (unpaired) electrons. The summed E-state index contributed by atoms with van der Waals surface area (Å²) in [6.45, 7) is 1.49. The fourth-order valence-corrected chi connectivity index (χ4v) is 3.20. The summed E-state index contributed by atoms with van der Waals surface area (Å²) in [7, 11) is 0. The number of pyridine rings is 1. The quantitative estimate of drug-likeness (QED) is 0.455. The van der Waals surface area contributed by atoms with Gasteiger partial charge >= 0.3 is 0 Å². The molecule has 1 heterocycles. The number of Topliss-reactive ketones (excluding diaryl/α,β-unsaturated/α-hetero) is 1. The Hall–Kier alpha value is -2.33. The van der Waals surface area contributed by atoms with Crippen LogP contribution in [0.15, 0.2) is 72.1 Å². The van der Waals surface area contributed by atoms with E-state index in [0.29, 0.717) is 19.3 Å². The van der Waals surface area contributed by atoms with Gasteiger partial charge in [0.2, 0.25) is 0 Å². The van der Waals surface area contributed by atoms with E-state index >= 15 is 0 Å². The van der Waals surface area contributed by atoms with Gasteiger partial charge in [-0.2, -0.15) is 0 Å². The van der Waals surface area contributed by atoms with E-state index in [-0.39, 0.29) is 37.2 Å². The molecule has 0 saturated carbocycles. The Labute approximate surface area is 178 Å². The number of fused-ring (bicyclic) bond motifs is 1. The number of allylic oxidation sites excluding steroid dienone is 1. The third-order valence-electron chi connectivity index (χ3n) is 4.48. The predicted octanol–water partition coefficient (Wildman–Crippen LogP) is 4.63. The summed E-state index contributed by atoms with van der Waals surface area (Å²) in [5, 5.41) is 20.7. The van der Waals surface area contributed by atoms with Gasteiger partial charge in [-0.15, -0.1) is 35.9 Å². The molecule has 2 aromatic carbocycles. The monoisotopic (exact) mass is 553 g/mol. The number of benzene rings is 2. The second-order valence-corrected chi connectivity index (χ2v) is 6.47. The zero-order valence-electron chi connectivity index (χ0n) is 15.6. The molecule has 4 rings (SSSR count). The van der Waals surface area contributed by atoms with Crippen molar-refractivity contribution in [3.63, 3.8) is 0 Å². The molecule has 1 unspecified atom stereocenters. The number of hydrogen-bond donors (Lipinski definition) is 2. The smallest absolute Gasteiger partial charge is 0.164 e. The van der Waals surface area contributed by atoms with Crippen LogP contribution < -0.4 is 0 Å². The number of carbonyl (C=O) groups excluding carboxylic acids is 1. The fourth-order valence-electron chi connectivity index (χ4n) is 3.20. The van der Waals surface area contributed by atoms with Crippen LogP contribution in [0, 0.1) is 6.07 Å². The molecule has 5 heteroatoms. The average Bonchev–Trinajstić information content (AvgIpc) is 2.68. The number of nitrogens with zero attached hydrogens (tertiary/aromatic N) is 1. The molecule has 28 heavy (non-hydrogen) atoms. The van der Waals surface area contributed by atoms with Crippen molar-refractivity contribution in [2.75, 3.05) is 0 Å². The molecule has 3 aromatic rings. The maximum atomic E-state index is 11.1. The van der Waals surface area contributed by atoms with Crippen LogP contribution in [0.4, 0.5) is 0 Å². The van der Waals surface area contributed by atoms with E-state index in [2.05, 4.69) is 23.2 Å². The van der Waals surface area contributed by atoms with E-state index in [0.717, 1.165) is 11.3 Å². The van der Waals surface area contributed by atoms with E-state index in [1.54, 1.807) is 0 Å². The molecule has 147 valence electrons.